The van der Waals surface area contributed by atoms with Crippen molar-refractivity contribution in [2.24, 2.45) is 4.99 Å². The van der Waals surface area contributed by atoms with Crippen molar-refractivity contribution in [3.05, 3.63) is 90.4 Å². The first kappa shape index (κ1) is 26.2. The third-order valence-electron chi connectivity index (χ3n) is 6.76. The van der Waals surface area contributed by atoms with E-state index in [4.69, 9.17) is 14.2 Å². The molecule has 39 heavy (non-hydrogen) atoms. The minimum absolute atomic E-state index is 0.108. The van der Waals surface area contributed by atoms with Gasteiger partial charge in [-0.05, 0) is 80.4 Å². The maximum absolute atomic E-state index is 11.4. The Balaban J connectivity index is 1.16. The maximum atomic E-state index is 11.4. The molecule has 0 radical (unpaired) electrons. The van der Waals surface area contributed by atoms with E-state index < -0.39 is 0 Å². The summed E-state index contributed by atoms with van der Waals surface area (Å²) in [7, 11) is 1.67. The number of hydrogen-bond acceptors (Lipinski definition) is 6. The molecule has 200 valence electrons. The van der Waals surface area contributed by atoms with Crippen LogP contribution in [0.1, 0.15) is 50.2 Å². The first-order valence-electron chi connectivity index (χ1n) is 13.5. The zero-order valence-corrected chi connectivity index (χ0v) is 22.4. The molecule has 0 unspecified atom stereocenters. The number of hydrogen-bond donors (Lipinski definition) is 0. The molecular formula is C32H33N3O4. The average Bonchev–Trinajstić information content (AvgIpc) is 3.36. The van der Waals surface area contributed by atoms with E-state index in [1.165, 1.54) is 0 Å². The van der Waals surface area contributed by atoms with Crippen LogP contribution in [0.3, 0.4) is 0 Å². The fourth-order valence-electron chi connectivity index (χ4n) is 4.61. The SMILES string of the molecule is CCOC(=O)CCCCCCOc1ccc(C2=NC=C2c2ccc3ncc(-c4ccc(OC)cc4)n3c2)cc1. The van der Waals surface area contributed by atoms with Gasteiger partial charge in [-0.15, -0.1) is 0 Å². The molecule has 1 aliphatic heterocycles. The van der Waals surface area contributed by atoms with Crippen molar-refractivity contribution in [2.75, 3.05) is 20.3 Å². The lowest BCUT2D eigenvalue weighted by Gasteiger charge is -2.18. The smallest absolute Gasteiger partial charge is 0.305 e. The van der Waals surface area contributed by atoms with Crippen LogP contribution in [-0.2, 0) is 9.53 Å². The number of allylic oxidation sites excluding steroid dienone is 1. The molecule has 0 bridgehead atoms. The number of aliphatic imine (C=N–C) groups is 1. The van der Waals surface area contributed by atoms with E-state index >= 15 is 0 Å². The molecule has 0 atom stereocenters. The second-order valence-corrected chi connectivity index (χ2v) is 9.38. The third kappa shape index (κ3) is 6.20. The number of carbonyl (C=O) groups is 1. The van der Waals surface area contributed by atoms with E-state index in [0.717, 1.165) is 76.5 Å². The van der Waals surface area contributed by atoms with Crippen molar-refractivity contribution in [2.45, 2.75) is 39.0 Å². The highest BCUT2D eigenvalue weighted by atomic mass is 16.5. The monoisotopic (exact) mass is 523 g/mol. The van der Waals surface area contributed by atoms with Crippen LogP contribution in [0, 0.1) is 0 Å². The predicted octanol–water partition coefficient (Wildman–Crippen LogP) is 6.75. The lowest BCUT2D eigenvalue weighted by Crippen LogP contribution is -2.11. The Morgan fingerprint density at radius 1 is 0.846 bits per heavy atom. The fraction of sp³-hybridized carbons (Fsp3) is 0.281. The highest BCUT2D eigenvalue weighted by Gasteiger charge is 2.19. The number of ether oxygens (including phenoxy) is 3. The second kappa shape index (κ2) is 12.4. The van der Waals surface area contributed by atoms with E-state index in [9.17, 15) is 4.79 Å². The van der Waals surface area contributed by atoms with Gasteiger partial charge in [0.2, 0.25) is 0 Å². The summed E-state index contributed by atoms with van der Waals surface area (Å²) in [5, 5.41) is 0. The average molecular weight is 524 g/mol. The second-order valence-electron chi connectivity index (χ2n) is 9.38. The molecule has 7 nitrogen and oxygen atoms in total. The number of unbranched alkanes of at least 4 members (excludes halogenated alkanes) is 3. The molecule has 5 rings (SSSR count). The molecule has 0 amide bonds. The molecule has 3 heterocycles. The topological polar surface area (TPSA) is 74.4 Å². The maximum Gasteiger partial charge on any atom is 0.305 e. The highest BCUT2D eigenvalue weighted by Crippen LogP contribution is 2.30. The van der Waals surface area contributed by atoms with Crippen molar-refractivity contribution in [3.63, 3.8) is 0 Å². The first-order valence-corrected chi connectivity index (χ1v) is 13.5. The van der Waals surface area contributed by atoms with E-state index in [-0.39, 0.29) is 5.97 Å². The Bertz CT molecular complexity index is 1480. The van der Waals surface area contributed by atoms with Crippen molar-refractivity contribution in [1.82, 2.24) is 9.38 Å². The van der Waals surface area contributed by atoms with Gasteiger partial charge in [-0.2, -0.15) is 0 Å². The summed E-state index contributed by atoms with van der Waals surface area (Å²) >= 11 is 0. The third-order valence-corrected chi connectivity index (χ3v) is 6.76. The fourth-order valence-corrected chi connectivity index (χ4v) is 4.61. The number of esters is 1. The van der Waals surface area contributed by atoms with Crippen molar-refractivity contribution < 1.29 is 19.0 Å². The molecule has 0 aliphatic carbocycles. The minimum atomic E-state index is -0.108. The molecule has 0 fully saturated rings. The van der Waals surface area contributed by atoms with E-state index in [1.54, 1.807) is 7.11 Å². The Hall–Kier alpha value is -4.39. The molecule has 1 aliphatic rings. The Kier molecular flexibility index (Phi) is 8.36. The van der Waals surface area contributed by atoms with Gasteiger partial charge in [0.25, 0.3) is 0 Å². The van der Waals surface area contributed by atoms with Gasteiger partial charge >= 0.3 is 5.97 Å². The van der Waals surface area contributed by atoms with Crippen LogP contribution in [-0.4, -0.2) is 41.4 Å². The summed E-state index contributed by atoms with van der Waals surface area (Å²) in [6, 6.07) is 20.2. The molecule has 2 aromatic heterocycles. The van der Waals surface area contributed by atoms with Crippen LogP contribution < -0.4 is 9.47 Å². The van der Waals surface area contributed by atoms with Gasteiger partial charge in [0, 0.05) is 41.1 Å². The number of carbonyl (C=O) groups excluding carboxylic acids is 1. The van der Waals surface area contributed by atoms with Gasteiger partial charge in [-0.25, -0.2) is 4.98 Å². The standard InChI is InChI=1S/C32H33N3O4/c1-3-38-31(36)8-6-4-5-7-19-39-27-16-11-24(12-17-27)32-28(20-34-32)25-13-18-30-33-21-29(35(30)22-25)23-9-14-26(37-2)15-10-23/h9-18,20-22H,3-8,19H2,1-2H3. The lowest BCUT2D eigenvalue weighted by atomic mass is 9.94. The molecular weight excluding hydrogens is 490 g/mol. The van der Waals surface area contributed by atoms with Gasteiger partial charge in [-0.3, -0.25) is 14.2 Å². The zero-order chi connectivity index (χ0) is 27.0. The molecule has 0 saturated carbocycles. The Morgan fingerprint density at radius 3 is 2.28 bits per heavy atom. The zero-order valence-electron chi connectivity index (χ0n) is 22.4. The van der Waals surface area contributed by atoms with Crippen LogP contribution >= 0.6 is 0 Å². The number of imidazole rings is 1. The van der Waals surface area contributed by atoms with Crippen LogP contribution in [0.15, 0.2) is 84.2 Å². The number of fused-ring (bicyclic) bond motifs is 1. The summed E-state index contributed by atoms with van der Waals surface area (Å²) in [5.41, 5.74) is 7.20. The van der Waals surface area contributed by atoms with Gasteiger partial charge in [0.1, 0.15) is 17.1 Å². The summed E-state index contributed by atoms with van der Waals surface area (Å²) < 4.78 is 18.3. The largest absolute Gasteiger partial charge is 0.497 e. The minimum Gasteiger partial charge on any atom is -0.497 e. The quantitative estimate of drug-likeness (QED) is 0.143. The molecule has 4 aromatic rings. The molecule has 0 spiro atoms. The molecule has 0 N–H and O–H groups in total. The van der Waals surface area contributed by atoms with Gasteiger partial charge < -0.3 is 14.2 Å². The van der Waals surface area contributed by atoms with Gasteiger partial charge in [0.05, 0.1) is 37.9 Å². The van der Waals surface area contributed by atoms with E-state index in [0.29, 0.717) is 19.6 Å². The first-order chi connectivity index (χ1) is 19.2. The number of rotatable bonds is 13. The van der Waals surface area contributed by atoms with E-state index in [1.807, 2.05) is 61.8 Å². The number of methoxy groups -OCH3 is 1. The summed E-state index contributed by atoms with van der Waals surface area (Å²) in [5.74, 6) is 1.57. The Labute approximate surface area is 228 Å². The van der Waals surface area contributed by atoms with Crippen molar-refractivity contribution >= 4 is 22.9 Å². The number of pyridine rings is 1. The molecule has 7 heteroatoms. The van der Waals surface area contributed by atoms with Crippen LogP contribution in [0.4, 0.5) is 0 Å². The summed E-state index contributed by atoms with van der Waals surface area (Å²) in [4.78, 5) is 20.5. The van der Waals surface area contributed by atoms with Crippen molar-refractivity contribution in [3.8, 4) is 22.8 Å². The lowest BCUT2D eigenvalue weighted by molar-refractivity contribution is -0.143. The van der Waals surface area contributed by atoms with Crippen molar-refractivity contribution in [1.29, 1.82) is 0 Å². The normalized spacial score (nSPS) is 12.5. The van der Waals surface area contributed by atoms with Crippen LogP contribution in [0.5, 0.6) is 11.5 Å². The number of aromatic nitrogens is 2. The Morgan fingerprint density at radius 2 is 1.56 bits per heavy atom. The molecule has 2 aromatic carbocycles. The van der Waals surface area contributed by atoms with Gasteiger partial charge in [0.15, 0.2) is 0 Å². The number of nitrogens with zero attached hydrogens (tertiary/aromatic N) is 3. The summed E-state index contributed by atoms with van der Waals surface area (Å²) in [6.07, 6.45) is 10.3. The van der Waals surface area contributed by atoms with Gasteiger partial charge in [-0.1, -0.05) is 12.8 Å². The predicted molar refractivity (Wildman–Crippen MR) is 153 cm³/mol. The van der Waals surface area contributed by atoms with E-state index in [2.05, 4.69) is 38.8 Å². The molecule has 0 saturated heterocycles. The highest BCUT2D eigenvalue weighted by molar-refractivity contribution is 6.35. The van der Waals surface area contributed by atoms with Crippen LogP contribution in [0.25, 0.3) is 22.5 Å². The summed E-state index contributed by atoms with van der Waals surface area (Å²) in [6.45, 7) is 2.94. The number of benzene rings is 2. The van der Waals surface area contributed by atoms with Crippen LogP contribution in [0.2, 0.25) is 0 Å².